The van der Waals surface area contributed by atoms with Gasteiger partial charge in [0, 0.05) is 41.8 Å². The van der Waals surface area contributed by atoms with E-state index in [0.717, 1.165) is 36.7 Å². The molecule has 0 spiro atoms. The van der Waals surface area contributed by atoms with Crippen LogP contribution in [-0.4, -0.2) is 40.8 Å². The van der Waals surface area contributed by atoms with E-state index in [4.69, 9.17) is 0 Å². The molecule has 28 heavy (non-hydrogen) atoms. The number of H-pyrrole nitrogens is 1. The number of nitrogens with zero attached hydrogens (tertiary/aromatic N) is 1. The van der Waals surface area contributed by atoms with E-state index in [1.165, 1.54) is 0 Å². The van der Waals surface area contributed by atoms with Crippen molar-refractivity contribution in [3.8, 4) is 0 Å². The van der Waals surface area contributed by atoms with Crippen molar-refractivity contribution in [3.05, 3.63) is 48.2 Å². The number of aromatic amines is 1. The number of carbonyl (C=O) groups is 2. The molecule has 148 valence electrons. The minimum absolute atomic E-state index is 0.0759. The molecule has 1 saturated carbocycles. The summed E-state index contributed by atoms with van der Waals surface area (Å²) >= 11 is 0. The van der Waals surface area contributed by atoms with Gasteiger partial charge in [0.25, 0.3) is 11.8 Å². The summed E-state index contributed by atoms with van der Waals surface area (Å²) in [6, 6.07) is 5.91. The quantitative estimate of drug-likeness (QED) is 0.785. The molecule has 2 atom stereocenters. The van der Waals surface area contributed by atoms with Crippen LogP contribution in [0.25, 0.3) is 10.9 Å². The summed E-state index contributed by atoms with van der Waals surface area (Å²) in [6.07, 6.45) is 6.64. The molecule has 2 heterocycles. The standard InChI is InChI=1S/C23H29N3O2/c1-5-8-24-20(27)18-12-25-19-7-6-15(9-17(18)19)21(28)26-14-23(4)11-16(26)10-22(2,3)13-23/h5-7,9,12,16,25H,1,8,10-11,13-14H2,2-4H3,(H,24,27). The topological polar surface area (TPSA) is 65.2 Å². The Bertz CT molecular complexity index is 958. The second-order valence-electron chi connectivity index (χ2n) is 9.61. The molecule has 1 aromatic carbocycles. The van der Waals surface area contributed by atoms with Gasteiger partial charge in [-0.2, -0.15) is 0 Å². The highest BCUT2D eigenvalue weighted by Crippen LogP contribution is 2.52. The molecular formula is C23H29N3O2. The second-order valence-corrected chi connectivity index (χ2v) is 9.61. The number of rotatable bonds is 4. The van der Waals surface area contributed by atoms with Crippen molar-refractivity contribution in [1.82, 2.24) is 15.2 Å². The maximum absolute atomic E-state index is 13.4. The van der Waals surface area contributed by atoms with Gasteiger partial charge in [-0.15, -0.1) is 6.58 Å². The highest BCUT2D eigenvalue weighted by molar-refractivity contribution is 6.09. The lowest BCUT2D eigenvalue weighted by Gasteiger charge is -2.39. The zero-order chi connectivity index (χ0) is 20.1. The zero-order valence-electron chi connectivity index (χ0n) is 17.0. The molecule has 4 rings (SSSR count). The largest absolute Gasteiger partial charge is 0.360 e. The van der Waals surface area contributed by atoms with E-state index >= 15 is 0 Å². The summed E-state index contributed by atoms with van der Waals surface area (Å²) < 4.78 is 0. The predicted molar refractivity (Wildman–Crippen MR) is 111 cm³/mol. The van der Waals surface area contributed by atoms with Crippen LogP contribution >= 0.6 is 0 Å². The maximum atomic E-state index is 13.4. The molecule has 2 bridgehead atoms. The van der Waals surface area contributed by atoms with E-state index in [9.17, 15) is 9.59 Å². The molecule has 2 N–H and O–H groups in total. The SMILES string of the molecule is C=CCNC(=O)c1c[nH]c2ccc(C(=O)N3CC4(C)CC3CC(C)(C)C4)cc12. The number of likely N-dealkylation sites (tertiary alicyclic amines) is 1. The lowest BCUT2D eigenvalue weighted by molar-refractivity contribution is 0.0708. The fourth-order valence-electron chi connectivity index (χ4n) is 5.56. The van der Waals surface area contributed by atoms with E-state index in [2.05, 4.69) is 42.6 Å². The van der Waals surface area contributed by atoms with Crippen molar-refractivity contribution in [1.29, 1.82) is 0 Å². The molecule has 2 amide bonds. The number of amides is 2. The van der Waals surface area contributed by atoms with Crippen LogP contribution in [0.15, 0.2) is 37.1 Å². The molecule has 5 heteroatoms. The van der Waals surface area contributed by atoms with Crippen molar-refractivity contribution in [2.24, 2.45) is 10.8 Å². The van der Waals surface area contributed by atoms with Crippen LogP contribution in [0.4, 0.5) is 0 Å². The summed E-state index contributed by atoms with van der Waals surface area (Å²) in [5, 5.41) is 3.58. The van der Waals surface area contributed by atoms with Gasteiger partial charge in [0.15, 0.2) is 0 Å². The first-order chi connectivity index (χ1) is 13.2. The third-order valence-corrected chi connectivity index (χ3v) is 6.26. The van der Waals surface area contributed by atoms with Crippen molar-refractivity contribution in [2.45, 2.75) is 46.1 Å². The summed E-state index contributed by atoms with van der Waals surface area (Å²) in [7, 11) is 0. The van der Waals surface area contributed by atoms with Gasteiger partial charge < -0.3 is 15.2 Å². The van der Waals surface area contributed by atoms with Gasteiger partial charge >= 0.3 is 0 Å². The highest BCUT2D eigenvalue weighted by atomic mass is 16.2. The Hall–Kier alpha value is -2.56. The highest BCUT2D eigenvalue weighted by Gasteiger charge is 2.51. The fraction of sp³-hybridized carbons (Fsp3) is 0.478. The third kappa shape index (κ3) is 3.23. The molecule has 1 aliphatic heterocycles. The van der Waals surface area contributed by atoms with Gasteiger partial charge in [0.05, 0.1) is 5.56 Å². The normalized spacial score (nSPS) is 25.7. The van der Waals surface area contributed by atoms with Crippen LogP contribution in [0.2, 0.25) is 0 Å². The van der Waals surface area contributed by atoms with Crippen LogP contribution in [0, 0.1) is 10.8 Å². The first-order valence-corrected chi connectivity index (χ1v) is 10.0. The summed E-state index contributed by atoms with van der Waals surface area (Å²) in [6.45, 7) is 11.8. The molecule has 5 nitrogen and oxygen atoms in total. The number of fused-ring (bicyclic) bond motifs is 3. The number of aromatic nitrogens is 1. The molecule has 2 fully saturated rings. The van der Waals surface area contributed by atoms with E-state index < -0.39 is 0 Å². The number of benzene rings is 1. The van der Waals surface area contributed by atoms with Crippen molar-refractivity contribution < 1.29 is 9.59 Å². The van der Waals surface area contributed by atoms with Crippen molar-refractivity contribution in [2.75, 3.05) is 13.1 Å². The molecule has 2 aliphatic rings. The monoisotopic (exact) mass is 379 g/mol. The van der Waals surface area contributed by atoms with Crippen LogP contribution in [0.5, 0.6) is 0 Å². The first kappa shape index (κ1) is 18.8. The van der Waals surface area contributed by atoms with Crippen molar-refractivity contribution >= 4 is 22.7 Å². The van der Waals surface area contributed by atoms with Crippen molar-refractivity contribution in [3.63, 3.8) is 0 Å². The molecule has 1 aromatic heterocycles. The molecular weight excluding hydrogens is 350 g/mol. The Morgan fingerprint density at radius 3 is 2.86 bits per heavy atom. The lowest BCUT2D eigenvalue weighted by atomic mass is 9.65. The lowest BCUT2D eigenvalue weighted by Crippen LogP contribution is -2.37. The predicted octanol–water partition coefficient (Wildman–Crippen LogP) is 4.12. The molecule has 1 aliphatic carbocycles. The molecule has 0 radical (unpaired) electrons. The van der Waals surface area contributed by atoms with Crippen LogP contribution in [0.1, 0.15) is 60.7 Å². The molecule has 2 unspecified atom stereocenters. The van der Waals surface area contributed by atoms with Gasteiger partial charge in [0.1, 0.15) is 0 Å². The Kier molecular flexibility index (Phi) is 4.36. The average Bonchev–Trinajstić information content (AvgIpc) is 3.15. The Morgan fingerprint density at radius 2 is 2.11 bits per heavy atom. The smallest absolute Gasteiger partial charge is 0.254 e. The van der Waals surface area contributed by atoms with Gasteiger partial charge in [-0.1, -0.05) is 26.8 Å². The minimum Gasteiger partial charge on any atom is -0.360 e. The minimum atomic E-state index is -0.165. The fourth-order valence-corrected chi connectivity index (χ4v) is 5.56. The summed E-state index contributed by atoms with van der Waals surface area (Å²) in [5.74, 6) is -0.0889. The van der Waals surface area contributed by atoms with Gasteiger partial charge in [-0.05, 0) is 48.3 Å². The van der Waals surface area contributed by atoms with E-state index in [1.807, 2.05) is 18.2 Å². The zero-order valence-corrected chi connectivity index (χ0v) is 17.0. The number of hydrogen-bond donors (Lipinski definition) is 2. The van der Waals surface area contributed by atoms with E-state index in [1.54, 1.807) is 12.3 Å². The summed E-state index contributed by atoms with van der Waals surface area (Å²) in [4.78, 5) is 31.0. The number of carbonyl (C=O) groups excluding carboxylic acids is 2. The Labute approximate surface area is 166 Å². The van der Waals surface area contributed by atoms with E-state index in [0.29, 0.717) is 23.7 Å². The Balaban J connectivity index is 1.63. The third-order valence-electron chi connectivity index (χ3n) is 6.26. The maximum Gasteiger partial charge on any atom is 0.254 e. The second kappa shape index (κ2) is 6.50. The molecule has 1 saturated heterocycles. The van der Waals surface area contributed by atoms with Gasteiger partial charge in [-0.3, -0.25) is 9.59 Å². The summed E-state index contributed by atoms with van der Waals surface area (Å²) in [5.41, 5.74) is 2.54. The molecule has 2 aromatic rings. The van der Waals surface area contributed by atoms with Crippen LogP contribution in [-0.2, 0) is 0 Å². The first-order valence-electron chi connectivity index (χ1n) is 10.0. The van der Waals surface area contributed by atoms with Crippen LogP contribution in [0.3, 0.4) is 0 Å². The number of hydrogen-bond acceptors (Lipinski definition) is 2. The van der Waals surface area contributed by atoms with E-state index in [-0.39, 0.29) is 22.6 Å². The average molecular weight is 380 g/mol. The van der Waals surface area contributed by atoms with Crippen LogP contribution < -0.4 is 5.32 Å². The van der Waals surface area contributed by atoms with Gasteiger partial charge in [-0.25, -0.2) is 0 Å². The Morgan fingerprint density at radius 1 is 1.32 bits per heavy atom. The van der Waals surface area contributed by atoms with Gasteiger partial charge in [0.2, 0.25) is 0 Å². The number of nitrogens with one attached hydrogen (secondary N) is 2.